The zero-order valence-electron chi connectivity index (χ0n) is 19.2. The van der Waals surface area contributed by atoms with E-state index >= 15 is 0 Å². The van der Waals surface area contributed by atoms with E-state index < -0.39 is 0 Å². The monoisotopic (exact) mass is 431 g/mol. The molecule has 168 valence electrons. The number of nitrogens with one attached hydrogen (secondary N) is 1. The smallest absolute Gasteiger partial charge is 0.315 e. The first-order valence-electron chi connectivity index (χ1n) is 11.4. The molecule has 0 spiro atoms. The molecule has 1 aliphatic rings. The van der Waals surface area contributed by atoms with E-state index in [4.69, 9.17) is 10.7 Å². The number of rotatable bonds is 6. The summed E-state index contributed by atoms with van der Waals surface area (Å²) in [6.07, 6.45) is 3.79. The van der Waals surface area contributed by atoms with Crippen LogP contribution < -0.4 is 16.0 Å². The number of para-hydroxylation sites is 1. The number of urea groups is 1. The number of carbonyl (C=O) groups excluding carboxylic acids is 1. The van der Waals surface area contributed by atoms with Gasteiger partial charge in [0.05, 0.1) is 11.6 Å². The molecule has 3 aromatic rings. The van der Waals surface area contributed by atoms with Crippen molar-refractivity contribution in [3.63, 3.8) is 0 Å². The summed E-state index contributed by atoms with van der Waals surface area (Å²) < 4.78 is 0. The minimum Gasteiger partial charge on any atom is -0.377 e. The third kappa shape index (κ3) is 4.64. The molecule has 1 atom stereocenters. The lowest BCUT2D eigenvalue weighted by Crippen LogP contribution is -2.47. The van der Waals surface area contributed by atoms with Crippen LogP contribution in [0.15, 0.2) is 60.7 Å². The first-order valence-corrected chi connectivity index (χ1v) is 11.4. The van der Waals surface area contributed by atoms with E-state index in [0.717, 1.165) is 53.7 Å². The van der Waals surface area contributed by atoms with Gasteiger partial charge < -0.3 is 20.9 Å². The van der Waals surface area contributed by atoms with Gasteiger partial charge in [-0.25, -0.2) is 9.78 Å². The van der Waals surface area contributed by atoms with Gasteiger partial charge in [0.25, 0.3) is 0 Å². The zero-order chi connectivity index (χ0) is 22.7. The number of anilines is 2. The summed E-state index contributed by atoms with van der Waals surface area (Å²) in [5.74, 6) is 0.903. The van der Waals surface area contributed by atoms with Crippen LogP contribution in [-0.2, 0) is 0 Å². The molecular weight excluding hydrogens is 398 g/mol. The van der Waals surface area contributed by atoms with Crippen LogP contribution in [-0.4, -0.2) is 42.1 Å². The third-order valence-corrected chi connectivity index (χ3v) is 6.57. The van der Waals surface area contributed by atoms with Crippen LogP contribution in [0.25, 0.3) is 10.9 Å². The molecule has 1 unspecified atom stereocenters. The van der Waals surface area contributed by atoms with Gasteiger partial charge >= 0.3 is 6.03 Å². The lowest BCUT2D eigenvalue weighted by molar-refractivity contribution is 0.133. The third-order valence-electron chi connectivity index (χ3n) is 6.57. The van der Waals surface area contributed by atoms with E-state index in [0.29, 0.717) is 6.04 Å². The normalized spacial score (nSPS) is 19.3. The molecule has 4 rings (SSSR count). The maximum absolute atomic E-state index is 12.3. The van der Waals surface area contributed by atoms with E-state index in [2.05, 4.69) is 61.6 Å². The Morgan fingerprint density at radius 1 is 1.03 bits per heavy atom. The number of hydrogen-bond acceptors (Lipinski definition) is 4. The Kier molecular flexibility index (Phi) is 6.49. The molecule has 0 saturated heterocycles. The number of primary amides is 1. The van der Waals surface area contributed by atoms with Gasteiger partial charge in [0.15, 0.2) is 0 Å². The number of benzene rings is 2. The molecule has 2 amide bonds. The number of aromatic nitrogens is 1. The summed E-state index contributed by atoms with van der Waals surface area (Å²) in [6, 6.07) is 20.6. The Morgan fingerprint density at radius 2 is 1.69 bits per heavy atom. The van der Waals surface area contributed by atoms with Crippen LogP contribution in [0.4, 0.5) is 16.3 Å². The summed E-state index contributed by atoms with van der Waals surface area (Å²) >= 11 is 0. The molecule has 1 aliphatic carbocycles. The fraction of sp³-hybridized carbons (Fsp3) is 0.385. The summed E-state index contributed by atoms with van der Waals surface area (Å²) in [6.45, 7) is 2.06. The van der Waals surface area contributed by atoms with Gasteiger partial charge in [-0.3, -0.25) is 0 Å². The lowest BCUT2D eigenvalue weighted by atomic mass is 9.89. The number of nitrogens with zero attached hydrogens (tertiary/aromatic N) is 3. The Morgan fingerprint density at radius 3 is 2.34 bits per heavy atom. The van der Waals surface area contributed by atoms with Gasteiger partial charge in [-0.05, 0) is 44.2 Å². The van der Waals surface area contributed by atoms with Crippen molar-refractivity contribution in [1.29, 1.82) is 0 Å². The Hall–Kier alpha value is -3.28. The highest BCUT2D eigenvalue weighted by Gasteiger charge is 2.31. The zero-order valence-corrected chi connectivity index (χ0v) is 19.2. The second kappa shape index (κ2) is 9.47. The molecule has 0 aliphatic heterocycles. The van der Waals surface area contributed by atoms with Crippen molar-refractivity contribution in [1.82, 2.24) is 9.88 Å². The minimum atomic E-state index is -0.343. The highest BCUT2D eigenvalue weighted by Crippen LogP contribution is 2.32. The predicted molar refractivity (Wildman–Crippen MR) is 132 cm³/mol. The van der Waals surface area contributed by atoms with E-state index in [-0.39, 0.29) is 18.1 Å². The van der Waals surface area contributed by atoms with E-state index in [1.54, 1.807) is 0 Å². The molecule has 1 aromatic heterocycles. The topological polar surface area (TPSA) is 74.5 Å². The van der Waals surface area contributed by atoms with Crippen molar-refractivity contribution in [2.75, 3.05) is 24.3 Å². The minimum absolute atomic E-state index is 0.0342. The van der Waals surface area contributed by atoms with Gasteiger partial charge in [-0.15, -0.1) is 0 Å². The summed E-state index contributed by atoms with van der Waals surface area (Å²) in [5, 5.41) is 4.80. The van der Waals surface area contributed by atoms with Crippen molar-refractivity contribution < 1.29 is 4.79 Å². The van der Waals surface area contributed by atoms with Gasteiger partial charge in [0.1, 0.15) is 5.82 Å². The summed E-state index contributed by atoms with van der Waals surface area (Å²) in [4.78, 5) is 21.2. The number of carbonyl (C=O) groups is 1. The molecule has 6 nitrogen and oxygen atoms in total. The molecule has 1 saturated carbocycles. The largest absolute Gasteiger partial charge is 0.377 e. The second-order valence-electron chi connectivity index (χ2n) is 8.92. The van der Waals surface area contributed by atoms with Gasteiger partial charge in [0.2, 0.25) is 0 Å². The molecule has 1 heterocycles. The average molecular weight is 432 g/mol. The fourth-order valence-electron chi connectivity index (χ4n) is 4.89. The average Bonchev–Trinajstić information content (AvgIpc) is 2.80. The Balaban J connectivity index is 1.45. The molecule has 2 aromatic carbocycles. The van der Waals surface area contributed by atoms with E-state index in [1.165, 1.54) is 0 Å². The SMILES string of the molecule is CC(c1ccccc1)N(C(N)=O)C1CCC(Nc2cc(N(C)C)c3ccccc3n2)CC1. The second-order valence-corrected chi connectivity index (χ2v) is 8.92. The highest BCUT2D eigenvalue weighted by molar-refractivity contribution is 5.93. The molecule has 3 N–H and O–H groups in total. The molecular formula is C26H33N5O. The van der Waals surface area contributed by atoms with Crippen molar-refractivity contribution in [2.45, 2.75) is 50.7 Å². The van der Waals surface area contributed by atoms with Crippen LogP contribution in [0.3, 0.4) is 0 Å². The molecule has 32 heavy (non-hydrogen) atoms. The van der Waals surface area contributed by atoms with Crippen LogP contribution >= 0.6 is 0 Å². The molecule has 1 fully saturated rings. The Bertz CT molecular complexity index is 1060. The van der Waals surface area contributed by atoms with Crippen LogP contribution in [0.1, 0.15) is 44.2 Å². The van der Waals surface area contributed by atoms with Crippen molar-refractivity contribution in [3.8, 4) is 0 Å². The van der Waals surface area contributed by atoms with E-state index in [9.17, 15) is 4.79 Å². The fourth-order valence-corrected chi connectivity index (χ4v) is 4.89. The van der Waals surface area contributed by atoms with Crippen molar-refractivity contribution in [3.05, 3.63) is 66.2 Å². The first kappa shape index (κ1) is 21.9. The maximum Gasteiger partial charge on any atom is 0.315 e. The van der Waals surface area contributed by atoms with Crippen LogP contribution in [0.5, 0.6) is 0 Å². The number of hydrogen-bond donors (Lipinski definition) is 2. The molecule has 6 heteroatoms. The first-order chi connectivity index (χ1) is 15.4. The van der Waals surface area contributed by atoms with Crippen LogP contribution in [0, 0.1) is 0 Å². The van der Waals surface area contributed by atoms with Crippen molar-refractivity contribution >= 4 is 28.4 Å². The summed E-state index contributed by atoms with van der Waals surface area (Å²) in [5.41, 5.74) is 9.08. The number of nitrogens with two attached hydrogens (primary N) is 1. The standard InChI is InChI=1S/C26H33N5O/c1-18(19-9-5-4-6-10-19)31(26(27)32)21-15-13-20(14-16-21)28-25-17-24(30(2)3)22-11-7-8-12-23(22)29-25/h4-12,17-18,20-21H,13-16H2,1-3H3,(H2,27,32)(H,28,29). The maximum atomic E-state index is 12.3. The van der Waals surface area contributed by atoms with Gasteiger partial charge in [0, 0.05) is 43.3 Å². The number of amides is 2. The number of fused-ring (bicyclic) bond motifs is 1. The van der Waals surface area contributed by atoms with Gasteiger partial charge in [-0.1, -0.05) is 48.5 Å². The Labute approximate surface area is 190 Å². The quantitative estimate of drug-likeness (QED) is 0.565. The summed E-state index contributed by atoms with van der Waals surface area (Å²) in [7, 11) is 4.12. The van der Waals surface area contributed by atoms with Crippen LogP contribution in [0.2, 0.25) is 0 Å². The predicted octanol–water partition coefficient (Wildman–Crippen LogP) is 5.17. The molecule has 0 radical (unpaired) electrons. The van der Waals surface area contributed by atoms with Gasteiger partial charge in [-0.2, -0.15) is 0 Å². The van der Waals surface area contributed by atoms with E-state index in [1.807, 2.05) is 35.2 Å². The highest BCUT2D eigenvalue weighted by atomic mass is 16.2. The van der Waals surface area contributed by atoms with Crippen molar-refractivity contribution in [2.24, 2.45) is 5.73 Å². The molecule has 0 bridgehead atoms. The lowest BCUT2D eigenvalue weighted by Gasteiger charge is -2.39. The number of pyridine rings is 1.